The van der Waals surface area contributed by atoms with E-state index in [4.69, 9.17) is 4.74 Å². The number of fused-ring (bicyclic) bond motifs is 1. The Morgan fingerprint density at radius 2 is 1.93 bits per heavy atom. The van der Waals surface area contributed by atoms with Crippen molar-refractivity contribution in [1.82, 2.24) is 20.5 Å². The summed E-state index contributed by atoms with van der Waals surface area (Å²) in [4.78, 5) is 10.2. The smallest absolute Gasteiger partial charge is 0.191 e. The van der Waals surface area contributed by atoms with Gasteiger partial charge in [0.2, 0.25) is 0 Å². The van der Waals surface area contributed by atoms with Crippen LogP contribution in [0.2, 0.25) is 0 Å². The Morgan fingerprint density at radius 3 is 2.61 bits per heavy atom. The molecule has 1 aliphatic rings. The number of hydrogen-bond donors (Lipinski definition) is 3. The number of guanidine groups is 1. The van der Waals surface area contributed by atoms with Crippen molar-refractivity contribution in [1.29, 1.82) is 0 Å². The van der Waals surface area contributed by atoms with Gasteiger partial charge in [0.15, 0.2) is 5.96 Å². The maximum Gasteiger partial charge on any atom is 0.191 e. The summed E-state index contributed by atoms with van der Waals surface area (Å²) in [6.07, 6.45) is 3.04. The van der Waals surface area contributed by atoms with Crippen LogP contribution in [0, 0.1) is 6.92 Å². The summed E-state index contributed by atoms with van der Waals surface area (Å²) in [5.41, 5.74) is 3.96. The molecule has 0 amide bonds. The van der Waals surface area contributed by atoms with Crippen LogP contribution in [-0.2, 0) is 11.2 Å². The number of benzene rings is 1. The number of nitrogens with zero attached hydrogens (tertiary/aromatic N) is 2. The molecule has 1 aromatic carbocycles. The van der Waals surface area contributed by atoms with Gasteiger partial charge in [-0.3, -0.25) is 4.99 Å². The molecule has 0 radical (unpaired) electrons. The van der Waals surface area contributed by atoms with Crippen molar-refractivity contribution >= 4 is 40.8 Å². The highest BCUT2D eigenvalue weighted by Crippen LogP contribution is 2.25. The second-order valence-electron chi connectivity index (χ2n) is 7.61. The summed E-state index contributed by atoms with van der Waals surface area (Å²) in [7, 11) is 6.14. The highest BCUT2D eigenvalue weighted by atomic mass is 127. The third kappa shape index (κ3) is 5.18. The Kier molecular flexibility index (Phi) is 8.57. The molecule has 156 valence electrons. The Balaban J connectivity index is 0.00000280. The third-order valence-corrected chi connectivity index (χ3v) is 5.88. The summed E-state index contributed by atoms with van der Waals surface area (Å²) in [6.45, 7) is 5.52. The number of para-hydroxylation sites is 1. The highest BCUT2D eigenvalue weighted by Gasteiger charge is 2.34. The predicted molar refractivity (Wildman–Crippen MR) is 128 cm³/mol. The molecule has 0 saturated carbocycles. The second-order valence-corrected chi connectivity index (χ2v) is 7.61. The Morgan fingerprint density at radius 1 is 1.21 bits per heavy atom. The molecule has 0 spiro atoms. The average Bonchev–Trinajstić information content (AvgIpc) is 3.00. The lowest BCUT2D eigenvalue weighted by atomic mass is 9.88. The minimum absolute atomic E-state index is 0. The van der Waals surface area contributed by atoms with Gasteiger partial charge in [-0.05, 0) is 51.9 Å². The molecule has 0 bridgehead atoms. The molecule has 1 aliphatic heterocycles. The number of H-pyrrole nitrogens is 1. The van der Waals surface area contributed by atoms with Crippen LogP contribution >= 0.6 is 24.0 Å². The maximum absolute atomic E-state index is 5.56. The van der Waals surface area contributed by atoms with Gasteiger partial charge in [0, 0.05) is 55.5 Å². The zero-order valence-electron chi connectivity index (χ0n) is 17.5. The largest absolute Gasteiger partial charge is 0.381 e. The standard InChI is InChI=1S/C21H33N5O.HI/c1-16-17(18-7-5-6-8-19(18)25-16)9-12-23-20(22-2)24-15-21(26(3)4)10-13-27-14-11-21;/h5-8,25H,9-15H2,1-4H3,(H2,22,23,24);1H. The molecule has 7 heteroatoms. The number of aryl methyl sites for hydroxylation is 1. The van der Waals surface area contributed by atoms with Crippen LogP contribution in [0.5, 0.6) is 0 Å². The topological polar surface area (TPSA) is 64.7 Å². The molecule has 3 rings (SSSR count). The Hall–Kier alpha value is -1.32. The lowest BCUT2D eigenvalue weighted by Crippen LogP contribution is -2.57. The van der Waals surface area contributed by atoms with Gasteiger partial charge < -0.3 is 25.3 Å². The summed E-state index contributed by atoms with van der Waals surface area (Å²) in [6, 6.07) is 8.49. The van der Waals surface area contributed by atoms with Gasteiger partial charge in [-0.15, -0.1) is 24.0 Å². The van der Waals surface area contributed by atoms with Gasteiger partial charge in [0.05, 0.1) is 0 Å². The van der Waals surface area contributed by atoms with E-state index < -0.39 is 0 Å². The minimum atomic E-state index is 0. The SMILES string of the molecule is CN=C(NCCc1c(C)[nH]c2ccccc12)NCC1(N(C)C)CCOCC1.I. The lowest BCUT2D eigenvalue weighted by molar-refractivity contribution is -0.00500. The molecule has 0 unspecified atom stereocenters. The third-order valence-electron chi connectivity index (χ3n) is 5.88. The van der Waals surface area contributed by atoms with E-state index >= 15 is 0 Å². The molecule has 0 atom stereocenters. The van der Waals surface area contributed by atoms with Crippen molar-refractivity contribution in [3.8, 4) is 0 Å². The number of rotatable bonds is 6. The molecule has 2 aromatic rings. The van der Waals surface area contributed by atoms with E-state index in [1.165, 1.54) is 22.2 Å². The number of aromatic nitrogens is 1. The molecular formula is C21H34IN5O. The van der Waals surface area contributed by atoms with Crippen LogP contribution < -0.4 is 10.6 Å². The Labute approximate surface area is 185 Å². The van der Waals surface area contributed by atoms with Gasteiger partial charge in [0.25, 0.3) is 0 Å². The highest BCUT2D eigenvalue weighted by molar-refractivity contribution is 14.0. The summed E-state index contributed by atoms with van der Waals surface area (Å²) in [5.74, 6) is 0.861. The zero-order valence-corrected chi connectivity index (χ0v) is 19.8. The quantitative estimate of drug-likeness (QED) is 0.325. The van der Waals surface area contributed by atoms with Gasteiger partial charge >= 0.3 is 0 Å². The van der Waals surface area contributed by atoms with Crippen LogP contribution in [0.25, 0.3) is 10.9 Å². The summed E-state index contributed by atoms with van der Waals surface area (Å²) < 4.78 is 5.56. The van der Waals surface area contributed by atoms with Gasteiger partial charge in [0.1, 0.15) is 0 Å². The molecule has 2 heterocycles. The monoisotopic (exact) mass is 499 g/mol. The van der Waals surface area contributed by atoms with Crippen molar-refractivity contribution in [2.24, 2.45) is 4.99 Å². The second kappa shape index (κ2) is 10.5. The van der Waals surface area contributed by atoms with Crippen molar-refractivity contribution in [3.63, 3.8) is 0 Å². The first-order valence-electron chi connectivity index (χ1n) is 9.81. The lowest BCUT2D eigenvalue weighted by Gasteiger charge is -2.43. The zero-order chi connectivity index (χ0) is 19.3. The number of ether oxygens (including phenoxy) is 1. The van der Waals surface area contributed by atoms with E-state index in [9.17, 15) is 0 Å². The molecule has 1 aromatic heterocycles. The van der Waals surface area contributed by atoms with E-state index in [1.54, 1.807) is 0 Å². The van der Waals surface area contributed by atoms with Crippen molar-refractivity contribution in [2.75, 3.05) is 47.4 Å². The molecule has 28 heavy (non-hydrogen) atoms. The van der Waals surface area contributed by atoms with Crippen LogP contribution in [0.15, 0.2) is 29.3 Å². The molecule has 6 nitrogen and oxygen atoms in total. The fourth-order valence-electron chi connectivity index (χ4n) is 3.97. The summed E-state index contributed by atoms with van der Waals surface area (Å²) >= 11 is 0. The van der Waals surface area contributed by atoms with Gasteiger partial charge in [-0.2, -0.15) is 0 Å². The van der Waals surface area contributed by atoms with E-state index in [2.05, 4.69) is 70.8 Å². The number of nitrogens with one attached hydrogen (secondary N) is 3. The average molecular weight is 499 g/mol. The van der Waals surface area contributed by atoms with E-state index in [0.717, 1.165) is 51.5 Å². The molecular weight excluding hydrogens is 465 g/mol. The minimum Gasteiger partial charge on any atom is -0.381 e. The van der Waals surface area contributed by atoms with Crippen LogP contribution in [0.4, 0.5) is 0 Å². The van der Waals surface area contributed by atoms with E-state index in [-0.39, 0.29) is 29.5 Å². The van der Waals surface area contributed by atoms with E-state index in [1.807, 2.05) is 7.05 Å². The number of halogens is 1. The van der Waals surface area contributed by atoms with Crippen LogP contribution in [0.1, 0.15) is 24.1 Å². The number of aliphatic imine (C=N–C) groups is 1. The van der Waals surface area contributed by atoms with Crippen molar-refractivity contribution in [3.05, 3.63) is 35.5 Å². The molecule has 1 saturated heterocycles. The number of aromatic amines is 1. The predicted octanol–water partition coefficient (Wildman–Crippen LogP) is 2.91. The molecule has 3 N–H and O–H groups in total. The van der Waals surface area contributed by atoms with Crippen LogP contribution in [-0.4, -0.2) is 68.8 Å². The van der Waals surface area contributed by atoms with Gasteiger partial charge in [-0.1, -0.05) is 18.2 Å². The van der Waals surface area contributed by atoms with Gasteiger partial charge in [-0.25, -0.2) is 0 Å². The van der Waals surface area contributed by atoms with E-state index in [0.29, 0.717) is 0 Å². The fourth-order valence-corrected chi connectivity index (χ4v) is 3.97. The first-order valence-corrected chi connectivity index (χ1v) is 9.81. The van der Waals surface area contributed by atoms with Crippen molar-refractivity contribution < 1.29 is 4.74 Å². The first-order chi connectivity index (χ1) is 13.1. The first kappa shape index (κ1) is 23.0. The number of hydrogen-bond acceptors (Lipinski definition) is 3. The maximum atomic E-state index is 5.56. The Bertz CT molecular complexity index is 780. The summed E-state index contributed by atoms with van der Waals surface area (Å²) in [5, 5.41) is 8.31. The number of likely N-dealkylation sites (N-methyl/N-ethyl adjacent to an activating group) is 1. The van der Waals surface area contributed by atoms with Crippen LogP contribution in [0.3, 0.4) is 0 Å². The normalized spacial score (nSPS) is 16.8. The molecule has 0 aliphatic carbocycles. The van der Waals surface area contributed by atoms with Crippen molar-refractivity contribution in [2.45, 2.75) is 31.7 Å². The fraction of sp³-hybridized carbons (Fsp3) is 0.571. The molecule has 1 fully saturated rings.